The quantitative estimate of drug-likeness (QED) is 0.608. The highest BCUT2D eigenvalue weighted by molar-refractivity contribution is 5.79. The number of rotatable bonds is 0. The van der Waals surface area contributed by atoms with E-state index < -0.39 is 0 Å². The van der Waals surface area contributed by atoms with Gasteiger partial charge in [-0.25, -0.2) is 0 Å². The monoisotopic (exact) mass is 274 g/mol. The van der Waals surface area contributed by atoms with Gasteiger partial charge in [0.05, 0.1) is 0 Å². The molecule has 0 N–H and O–H groups in total. The second-order valence-corrected chi connectivity index (χ2v) is 8.98. The van der Waals surface area contributed by atoms with E-state index in [9.17, 15) is 4.79 Å². The Labute approximate surface area is 123 Å². The average molecular weight is 274 g/mol. The van der Waals surface area contributed by atoms with Crippen LogP contribution in [-0.2, 0) is 4.79 Å². The summed E-state index contributed by atoms with van der Waals surface area (Å²) in [4.78, 5) is 11.9. The molecule has 4 aliphatic rings. The van der Waals surface area contributed by atoms with Crippen LogP contribution in [0.5, 0.6) is 0 Å². The van der Waals surface area contributed by atoms with E-state index in [-0.39, 0.29) is 0 Å². The number of Topliss-reactive ketones (excluding diaryl/α,β-unsaturated/α-hetero) is 1. The highest BCUT2D eigenvalue weighted by Crippen LogP contribution is 2.65. The van der Waals surface area contributed by atoms with Gasteiger partial charge in [-0.15, -0.1) is 0 Å². The van der Waals surface area contributed by atoms with Crippen molar-refractivity contribution in [2.45, 2.75) is 78.1 Å². The van der Waals surface area contributed by atoms with Gasteiger partial charge in [0.15, 0.2) is 0 Å². The van der Waals surface area contributed by atoms with Crippen LogP contribution < -0.4 is 0 Å². The maximum absolute atomic E-state index is 11.9. The summed E-state index contributed by atoms with van der Waals surface area (Å²) in [5.74, 6) is 4.20. The van der Waals surface area contributed by atoms with Crippen LogP contribution in [0.2, 0.25) is 0 Å². The number of fused-ring (bicyclic) bond motifs is 5. The zero-order valence-corrected chi connectivity index (χ0v) is 13.3. The van der Waals surface area contributed by atoms with E-state index in [0.717, 1.165) is 36.5 Å². The first-order chi connectivity index (χ1) is 9.53. The molecular formula is C19H30O. The van der Waals surface area contributed by atoms with Crippen molar-refractivity contribution in [2.75, 3.05) is 0 Å². The fourth-order valence-corrected chi connectivity index (χ4v) is 7.04. The minimum Gasteiger partial charge on any atom is -0.300 e. The van der Waals surface area contributed by atoms with Gasteiger partial charge < -0.3 is 0 Å². The molecule has 1 heteroatoms. The molecule has 112 valence electrons. The predicted molar refractivity (Wildman–Crippen MR) is 81.4 cm³/mol. The summed E-state index contributed by atoms with van der Waals surface area (Å²) >= 11 is 0. The smallest absolute Gasteiger partial charge is 0.133 e. The normalized spacial score (nSPS) is 55.0. The fraction of sp³-hybridized carbons (Fsp3) is 0.947. The zero-order valence-electron chi connectivity index (χ0n) is 13.3. The van der Waals surface area contributed by atoms with Crippen LogP contribution in [0.15, 0.2) is 0 Å². The van der Waals surface area contributed by atoms with Crippen LogP contribution in [0.3, 0.4) is 0 Å². The summed E-state index contributed by atoms with van der Waals surface area (Å²) < 4.78 is 0. The first-order valence-electron chi connectivity index (χ1n) is 9.05. The van der Waals surface area contributed by atoms with Gasteiger partial charge in [-0.1, -0.05) is 20.3 Å². The van der Waals surface area contributed by atoms with E-state index >= 15 is 0 Å². The van der Waals surface area contributed by atoms with Gasteiger partial charge in [-0.3, -0.25) is 4.79 Å². The molecule has 6 atom stereocenters. The molecular weight excluding hydrogens is 244 g/mol. The highest BCUT2D eigenvalue weighted by atomic mass is 16.1. The van der Waals surface area contributed by atoms with E-state index in [4.69, 9.17) is 0 Å². The van der Waals surface area contributed by atoms with Crippen LogP contribution in [0, 0.1) is 34.5 Å². The molecule has 20 heavy (non-hydrogen) atoms. The van der Waals surface area contributed by atoms with Crippen LogP contribution >= 0.6 is 0 Å². The molecule has 0 aliphatic heterocycles. The van der Waals surface area contributed by atoms with Crippen molar-refractivity contribution in [2.24, 2.45) is 34.5 Å². The molecule has 0 aromatic heterocycles. The Morgan fingerprint density at radius 1 is 0.950 bits per heavy atom. The lowest BCUT2D eigenvalue weighted by Crippen LogP contribution is -2.52. The predicted octanol–water partition coefficient (Wildman–Crippen LogP) is 4.99. The molecule has 0 aromatic rings. The van der Waals surface area contributed by atoms with E-state index in [1.54, 1.807) is 0 Å². The van der Waals surface area contributed by atoms with Crippen LogP contribution in [0.4, 0.5) is 0 Å². The molecule has 0 bridgehead atoms. The van der Waals surface area contributed by atoms with Gasteiger partial charge >= 0.3 is 0 Å². The Bertz CT molecular complexity index is 427. The largest absolute Gasteiger partial charge is 0.300 e. The lowest BCUT2D eigenvalue weighted by molar-refractivity contribution is -0.137. The Morgan fingerprint density at radius 2 is 1.80 bits per heavy atom. The van der Waals surface area contributed by atoms with Crippen molar-refractivity contribution in [3.63, 3.8) is 0 Å². The summed E-state index contributed by atoms with van der Waals surface area (Å²) in [6.45, 7) is 5.14. The van der Waals surface area contributed by atoms with Crippen molar-refractivity contribution in [1.29, 1.82) is 0 Å². The Morgan fingerprint density at radius 3 is 2.65 bits per heavy atom. The van der Waals surface area contributed by atoms with Crippen LogP contribution in [0.25, 0.3) is 0 Å². The third-order valence-corrected chi connectivity index (χ3v) is 8.26. The molecule has 4 saturated carbocycles. The maximum atomic E-state index is 11.9. The van der Waals surface area contributed by atoms with Crippen molar-refractivity contribution in [3.05, 3.63) is 0 Å². The van der Waals surface area contributed by atoms with Crippen molar-refractivity contribution < 1.29 is 4.79 Å². The number of hydrogen-bond donors (Lipinski definition) is 0. The Hall–Kier alpha value is -0.330. The molecule has 4 fully saturated rings. The first kappa shape index (κ1) is 13.3. The van der Waals surface area contributed by atoms with Gasteiger partial charge in [0.25, 0.3) is 0 Å². The molecule has 0 spiro atoms. The SMILES string of the molecule is C[C@]12CCC[C@@H]1[C@@H]1CC[C@@H]3CC(=O)CC[C@]3(C)[C@@H]1CC2. The summed E-state index contributed by atoms with van der Waals surface area (Å²) in [6.07, 6.45) is 13.1. The molecule has 4 aliphatic carbocycles. The third-order valence-electron chi connectivity index (χ3n) is 8.26. The second-order valence-electron chi connectivity index (χ2n) is 8.98. The molecule has 0 saturated heterocycles. The summed E-state index contributed by atoms with van der Waals surface area (Å²) in [5, 5.41) is 0. The summed E-state index contributed by atoms with van der Waals surface area (Å²) in [6, 6.07) is 0. The topological polar surface area (TPSA) is 17.1 Å². The molecule has 0 unspecified atom stereocenters. The van der Waals surface area contributed by atoms with E-state index in [1.165, 1.54) is 51.4 Å². The van der Waals surface area contributed by atoms with Crippen LogP contribution in [-0.4, -0.2) is 5.78 Å². The average Bonchev–Trinajstić information content (AvgIpc) is 2.81. The summed E-state index contributed by atoms with van der Waals surface area (Å²) in [7, 11) is 0. The van der Waals surface area contributed by atoms with Gasteiger partial charge in [0, 0.05) is 12.8 Å². The minimum absolute atomic E-state index is 0.501. The molecule has 4 rings (SSSR count). The molecule has 0 amide bonds. The number of ketones is 1. The second kappa shape index (κ2) is 4.34. The molecule has 0 heterocycles. The first-order valence-corrected chi connectivity index (χ1v) is 9.05. The van der Waals surface area contributed by atoms with Crippen molar-refractivity contribution in [1.82, 2.24) is 0 Å². The Balaban J connectivity index is 1.64. The summed E-state index contributed by atoms with van der Waals surface area (Å²) in [5.41, 5.74) is 1.18. The van der Waals surface area contributed by atoms with Crippen molar-refractivity contribution >= 4 is 5.78 Å². The zero-order chi connectivity index (χ0) is 14.0. The van der Waals surface area contributed by atoms with E-state index in [1.807, 2.05) is 0 Å². The van der Waals surface area contributed by atoms with Gasteiger partial charge in [0.2, 0.25) is 0 Å². The maximum Gasteiger partial charge on any atom is 0.133 e. The van der Waals surface area contributed by atoms with Gasteiger partial charge in [-0.05, 0) is 79.4 Å². The molecule has 1 nitrogen and oxygen atoms in total. The van der Waals surface area contributed by atoms with E-state index in [2.05, 4.69) is 13.8 Å². The van der Waals surface area contributed by atoms with Gasteiger partial charge in [-0.2, -0.15) is 0 Å². The van der Waals surface area contributed by atoms with E-state index in [0.29, 0.717) is 16.6 Å². The lowest BCUT2D eigenvalue weighted by atomic mass is 9.45. The van der Waals surface area contributed by atoms with Gasteiger partial charge in [0.1, 0.15) is 5.78 Å². The number of hydrogen-bond acceptors (Lipinski definition) is 1. The minimum atomic E-state index is 0.501. The Kier molecular flexibility index (Phi) is 2.89. The number of carbonyl (C=O) groups is 1. The van der Waals surface area contributed by atoms with Crippen molar-refractivity contribution in [3.8, 4) is 0 Å². The van der Waals surface area contributed by atoms with Crippen LogP contribution in [0.1, 0.15) is 78.1 Å². The number of carbonyl (C=O) groups excluding carboxylic acids is 1. The molecule has 0 radical (unpaired) electrons. The fourth-order valence-electron chi connectivity index (χ4n) is 7.04. The highest BCUT2D eigenvalue weighted by Gasteiger charge is 2.57. The molecule has 0 aromatic carbocycles. The third kappa shape index (κ3) is 1.70. The lowest BCUT2D eigenvalue weighted by Gasteiger charge is -2.59. The standard InChI is InChI=1S/C19H30O/c1-18-9-3-4-16(18)15-6-5-13-12-14(20)7-11-19(13,2)17(15)8-10-18/h13,15-17H,3-12H2,1-2H3/t13-,15+,16-,17-,18-,19+/m1/s1.